The average molecular weight is 276 g/mol. The van der Waals surface area contributed by atoms with E-state index in [1.807, 2.05) is 0 Å². The van der Waals surface area contributed by atoms with Gasteiger partial charge < -0.3 is 0 Å². The Morgan fingerprint density at radius 3 is 2.28 bits per heavy atom. The highest BCUT2D eigenvalue weighted by Gasteiger charge is 2.39. The maximum absolute atomic E-state index is 12.2. The van der Waals surface area contributed by atoms with Crippen molar-refractivity contribution in [2.45, 2.75) is 37.3 Å². The Balaban J connectivity index is 2.55. The molecule has 0 N–H and O–H groups in total. The number of hydrogen-bond acceptors (Lipinski definition) is 2. The molecule has 0 unspecified atom stereocenters. The first-order valence-electron chi connectivity index (χ1n) is 5.79. The molecule has 1 rings (SSSR count). The standard InChI is InChI=1S/C13H15F3OS/c1-2-3-4-9-18-11-7-5-10(6-8-11)12(17)13(14,15)16/h5-8H,2-4,9H2,1H3. The van der Waals surface area contributed by atoms with Crippen molar-refractivity contribution in [3.8, 4) is 0 Å². The Kier molecular flexibility index (Phi) is 5.72. The van der Waals surface area contributed by atoms with Gasteiger partial charge in [-0.1, -0.05) is 19.8 Å². The Bertz CT molecular complexity index is 384. The second-order valence-electron chi connectivity index (χ2n) is 3.91. The Morgan fingerprint density at radius 2 is 1.78 bits per heavy atom. The molecule has 1 aromatic carbocycles. The normalized spacial score (nSPS) is 11.6. The third kappa shape index (κ3) is 4.72. The van der Waals surface area contributed by atoms with Gasteiger partial charge in [0.05, 0.1) is 0 Å². The summed E-state index contributed by atoms with van der Waals surface area (Å²) in [6.07, 6.45) is -1.42. The van der Waals surface area contributed by atoms with E-state index in [0.29, 0.717) is 0 Å². The van der Waals surface area contributed by atoms with Crippen LogP contribution in [0.5, 0.6) is 0 Å². The zero-order valence-corrected chi connectivity index (χ0v) is 10.9. The van der Waals surface area contributed by atoms with Crippen LogP contribution in [-0.2, 0) is 0 Å². The summed E-state index contributed by atoms with van der Waals surface area (Å²) in [7, 11) is 0. The number of thioether (sulfide) groups is 1. The minimum atomic E-state index is -4.80. The van der Waals surface area contributed by atoms with Crippen LogP contribution in [0.1, 0.15) is 36.5 Å². The molecular weight excluding hydrogens is 261 g/mol. The summed E-state index contributed by atoms with van der Waals surface area (Å²) >= 11 is 1.60. The molecule has 0 fully saturated rings. The summed E-state index contributed by atoms with van der Waals surface area (Å²) < 4.78 is 36.5. The zero-order chi connectivity index (χ0) is 13.6. The van der Waals surface area contributed by atoms with Crippen LogP contribution in [-0.4, -0.2) is 17.7 Å². The fraction of sp³-hybridized carbons (Fsp3) is 0.462. The van der Waals surface area contributed by atoms with E-state index in [4.69, 9.17) is 0 Å². The third-order valence-corrected chi connectivity index (χ3v) is 3.49. The summed E-state index contributed by atoms with van der Waals surface area (Å²) in [5.41, 5.74) is -0.305. The molecule has 1 aromatic rings. The van der Waals surface area contributed by atoms with Crippen LogP contribution in [0.15, 0.2) is 29.2 Å². The van der Waals surface area contributed by atoms with Gasteiger partial charge in [-0.05, 0) is 36.4 Å². The van der Waals surface area contributed by atoms with Crippen LogP contribution in [0.4, 0.5) is 13.2 Å². The van der Waals surface area contributed by atoms with Crippen molar-refractivity contribution in [1.82, 2.24) is 0 Å². The highest BCUT2D eigenvalue weighted by molar-refractivity contribution is 7.99. The molecular formula is C13H15F3OS. The lowest BCUT2D eigenvalue weighted by molar-refractivity contribution is -0.0885. The van der Waals surface area contributed by atoms with Crippen molar-refractivity contribution in [2.24, 2.45) is 0 Å². The minimum absolute atomic E-state index is 0.305. The monoisotopic (exact) mass is 276 g/mol. The van der Waals surface area contributed by atoms with Crippen molar-refractivity contribution in [3.63, 3.8) is 0 Å². The first kappa shape index (κ1) is 15.1. The van der Waals surface area contributed by atoms with Crippen molar-refractivity contribution < 1.29 is 18.0 Å². The minimum Gasteiger partial charge on any atom is -0.284 e. The first-order valence-corrected chi connectivity index (χ1v) is 6.78. The average Bonchev–Trinajstić information content (AvgIpc) is 2.33. The van der Waals surface area contributed by atoms with E-state index in [1.165, 1.54) is 12.1 Å². The smallest absolute Gasteiger partial charge is 0.284 e. The molecule has 0 saturated carbocycles. The van der Waals surface area contributed by atoms with E-state index in [0.717, 1.165) is 29.9 Å². The van der Waals surface area contributed by atoms with Crippen LogP contribution in [0.25, 0.3) is 0 Å². The number of hydrogen-bond donors (Lipinski definition) is 0. The molecule has 0 spiro atoms. The summed E-state index contributed by atoms with van der Waals surface area (Å²) in [4.78, 5) is 11.8. The van der Waals surface area contributed by atoms with Gasteiger partial charge in [-0.15, -0.1) is 11.8 Å². The van der Waals surface area contributed by atoms with E-state index >= 15 is 0 Å². The van der Waals surface area contributed by atoms with Gasteiger partial charge in [0.15, 0.2) is 0 Å². The number of benzene rings is 1. The number of ketones is 1. The van der Waals surface area contributed by atoms with E-state index < -0.39 is 12.0 Å². The van der Waals surface area contributed by atoms with Crippen molar-refractivity contribution in [1.29, 1.82) is 0 Å². The molecule has 18 heavy (non-hydrogen) atoms. The lowest BCUT2D eigenvalue weighted by Gasteiger charge is -2.06. The number of rotatable bonds is 6. The zero-order valence-electron chi connectivity index (χ0n) is 10.1. The topological polar surface area (TPSA) is 17.1 Å². The fourth-order valence-corrected chi connectivity index (χ4v) is 2.32. The van der Waals surface area contributed by atoms with Crippen LogP contribution in [0.3, 0.4) is 0 Å². The molecule has 0 heterocycles. The van der Waals surface area contributed by atoms with E-state index in [2.05, 4.69) is 6.92 Å². The molecule has 0 atom stereocenters. The van der Waals surface area contributed by atoms with E-state index in [1.54, 1.807) is 23.9 Å². The molecule has 0 aliphatic carbocycles. The Labute approximate surface area is 109 Å². The highest BCUT2D eigenvalue weighted by Crippen LogP contribution is 2.24. The van der Waals surface area contributed by atoms with Gasteiger partial charge in [-0.3, -0.25) is 4.79 Å². The van der Waals surface area contributed by atoms with E-state index in [-0.39, 0.29) is 5.56 Å². The van der Waals surface area contributed by atoms with Gasteiger partial charge in [-0.2, -0.15) is 13.2 Å². The summed E-state index contributed by atoms with van der Waals surface area (Å²) in [6.45, 7) is 2.11. The van der Waals surface area contributed by atoms with Crippen molar-refractivity contribution in [2.75, 3.05) is 5.75 Å². The number of unbranched alkanes of at least 4 members (excludes halogenated alkanes) is 2. The molecule has 100 valence electrons. The number of carbonyl (C=O) groups is 1. The summed E-state index contributed by atoms with van der Waals surface area (Å²) in [5, 5.41) is 0. The maximum atomic E-state index is 12.2. The van der Waals surface area contributed by atoms with Crippen molar-refractivity contribution in [3.05, 3.63) is 29.8 Å². The molecule has 1 nitrogen and oxygen atoms in total. The number of halogens is 3. The van der Waals surface area contributed by atoms with Crippen LogP contribution in [0.2, 0.25) is 0 Å². The summed E-state index contributed by atoms with van der Waals surface area (Å²) in [6, 6.07) is 5.60. The molecule has 0 saturated heterocycles. The molecule has 0 aliphatic heterocycles. The highest BCUT2D eigenvalue weighted by atomic mass is 32.2. The lowest BCUT2D eigenvalue weighted by Crippen LogP contribution is -2.22. The molecule has 5 heteroatoms. The molecule has 0 radical (unpaired) electrons. The molecule has 0 amide bonds. The van der Waals surface area contributed by atoms with Crippen LogP contribution in [0, 0.1) is 0 Å². The predicted octanol–water partition coefficient (Wildman–Crippen LogP) is 4.71. The van der Waals surface area contributed by atoms with Gasteiger partial charge in [-0.25, -0.2) is 0 Å². The van der Waals surface area contributed by atoms with Crippen LogP contribution < -0.4 is 0 Å². The van der Waals surface area contributed by atoms with Crippen molar-refractivity contribution >= 4 is 17.5 Å². The lowest BCUT2D eigenvalue weighted by atomic mass is 10.1. The number of carbonyl (C=O) groups excluding carboxylic acids is 1. The van der Waals surface area contributed by atoms with Crippen LogP contribution >= 0.6 is 11.8 Å². The number of Topliss-reactive ketones (excluding diaryl/α,β-unsaturated/α-hetero) is 1. The first-order chi connectivity index (χ1) is 8.45. The fourth-order valence-electron chi connectivity index (χ4n) is 1.41. The predicted molar refractivity (Wildman–Crippen MR) is 67.1 cm³/mol. The Morgan fingerprint density at radius 1 is 1.17 bits per heavy atom. The molecule has 0 bridgehead atoms. The maximum Gasteiger partial charge on any atom is 0.454 e. The second-order valence-corrected chi connectivity index (χ2v) is 5.08. The second kappa shape index (κ2) is 6.83. The largest absolute Gasteiger partial charge is 0.454 e. The molecule has 0 aliphatic rings. The summed E-state index contributed by atoms with van der Waals surface area (Å²) in [5.74, 6) is -0.842. The molecule has 0 aromatic heterocycles. The Hall–Kier alpha value is -0.970. The van der Waals surface area contributed by atoms with Gasteiger partial charge in [0.2, 0.25) is 0 Å². The van der Waals surface area contributed by atoms with E-state index in [9.17, 15) is 18.0 Å². The van der Waals surface area contributed by atoms with Gasteiger partial charge >= 0.3 is 6.18 Å². The number of alkyl halides is 3. The van der Waals surface area contributed by atoms with Gasteiger partial charge in [0.25, 0.3) is 5.78 Å². The van der Waals surface area contributed by atoms with Gasteiger partial charge in [0.1, 0.15) is 0 Å². The van der Waals surface area contributed by atoms with Gasteiger partial charge in [0, 0.05) is 10.5 Å². The third-order valence-electron chi connectivity index (χ3n) is 2.39. The SMILES string of the molecule is CCCCCSc1ccc(C(=O)C(F)(F)F)cc1. The quantitative estimate of drug-likeness (QED) is 0.425.